The van der Waals surface area contributed by atoms with Gasteiger partial charge in [-0.2, -0.15) is 0 Å². The highest BCUT2D eigenvalue weighted by Gasteiger charge is 2.24. The number of aliphatic hydroxyl groups excluding tert-OH is 1. The molecule has 2 amide bonds. The van der Waals surface area contributed by atoms with Crippen LogP contribution in [0.1, 0.15) is 26.2 Å². The van der Waals surface area contributed by atoms with Gasteiger partial charge in [-0.25, -0.2) is 4.79 Å². The molecular weight excluding hydrogens is 256 g/mol. The summed E-state index contributed by atoms with van der Waals surface area (Å²) < 4.78 is 5.68. The van der Waals surface area contributed by atoms with Gasteiger partial charge in [0.2, 0.25) is 0 Å². The number of nitrogens with one attached hydrogen (secondary N) is 1. The van der Waals surface area contributed by atoms with Gasteiger partial charge in [0.15, 0.2) is 0 Å². The van der Waals surface area contributed by atoms with Crippen LogP contribution in [-0.4, -0.2) is 41.8 Å². The molecule has 1 aromatic rings. The predicted molar refractivity (Wildman–Crippen MR) is 78.1 cm³/mol. The highest BCUT2D eigenvalue weighted by molar-refractivity contribution is 5.91. The summed E-state index contributed by atoms with van der Waals surface area (Å²) in [5, 5.41) is 12.3. The topological polar surface area (TPSA) is 61.8 Å². The lowest BCUT2D eigenvalue weighted by molar-refractivity contribution is 0.176. The largest absolute Gasteiger partial charge is 0.491 e. The summed E-state index contributed by atoms with van der Waals surface area (Å²) in [5.74, 6) is 0.689. The summed E-state index contributed by atoms with van der Waals surface area (Å²) in [6.07, 6.45) is 2.29. The van der Waals surface area contributed by atoms with Crippen LogP contribution in [0, 0.1) is 0 Å². The zero-order valence-corrected chi connectivity index (χ0v) is 11.8. The second kappa shape index (κ2) is 7.14. The highest BCUT2D eigenvalue weighted by Crippen LogP contribution is 2.24. The first-order valence-corrected chi connectivity index (χ1v) is 7.16. The van der Waals surface area contributed by atoms with Crippen molar-refractivity contribution in [3.05, 3.63) is 24.3 Å². The molecule has 5 heteroatoms. The fourth-order valence-corrected chi connectivity index (χ4v) is 2.14. The number of β-amino-alcohol motifs (C(OH)–C–C–N with tert-alkyl or cyclic N) is 1. The summed E-state index contributed by atoms with van der Waals surface area (Å²) in [6, 6.07) is 7.24. The maximum atomic E-state index is 12.1. The van der Waals surface area contributed by atoms with Gasteiger partial charge in [-0.05, 0) is 25.0 Å². The van der Waals surface area contributed by atoms with Gasteiger partial charge in [0.1, 0.15) is 5.75 Å². The molecule has 0 aromatic heterocycles. The Morgan fingerprint density at radius 1 is 1.50 bits per heavy atom. The first kappa shape index (κ1) is 14.7. The lowest BCUT2D eigenvalue weighted by Gasteiger charge is -2.18. The number of unbranched alkanes of at least 4 members (excludes halogenated alkanes) is 1. The highest BCUT2D eigenvalue weighted by atomic mass is 16.5. The molecule has 0 unspecified atom stereocenters. The molecule has 0 radical (unpaired) electrons. The summed E-state index contributed by atoms with van der Waals surface area (Å²) >= 11 is 0. The van der Waals surface area contributed by atoms with Crippen LogP contribution in [0.25, 0.3) is 0 Å². The third kappa shape index (κ3) is 3.87. The van der Waals surface area contributed by atoms with E-state index in [0.29, 0.717) is 37.6 Å². The average molecular weight is 278 g/mol. The van der Waals surface area contributed by atoms with Crippen LogP contribution in [-0.2, 0) is 0 Å². The van der Waals surface area contributed by atoms with Gasteiger partial charge in [0.05, 0.1) is 18.4 Å². The van der Waals surface area contributed by atoms with Crippen molar-refractivity contribution in [1.82, 2.24) is 4.90 Å². The van der Waals surface area contributed by atoms with Crippen molar-refractivity contribution in [2.45, 2.75) is 32.3 Å². The average Bonchev–Trinajstić information content (AvgIpc) is 2.88. The fourth-order valence-electron chi connectivity index (χ4n) is 2.14. The lowest BCUT2D eigenvalue weighted by atomic mass is 10.3. The van der Waals surface area contributed by atoms with Crippen molar-refractivity contribution in [2.24, 2.45) is 0 Å². The van der Waals surface area contributed by atoms with E-state index in [-0.39, 0.29) is 6.03 Å². The summed E-state index contributed by atoms with van der Waals surface area (Å²) in [5.41, 5.74) is 0.676. The van der Waals surface area contributed by atoms with Gasteiger partial charge in [-0.1, -0.05) is 25.5 Å². The van der Waals surface area contributed by atoms with Gasteiger partial charge >= 0.3 is 6.03 Å². The Kier molecular flexibility index (Phi) is 5.24. The zero-order valence-electron chi connectivity index (χ0n) is 11.8. The Hall–Kier alpha value is -1.75. The van der Waals surface area contributed by atoms with Gasteiger partial charge in [0.25, 0.3) is 0 Å². The first-order chi connectivity index (χ1) is 9.70. The van der Waals surface area contributed by atoms with Crippen LogP contribution in [0.4, 0.5) is 10.5 Å². The molecule has 1 fully saturated rings. The Balaban J connectivity index is 1.96. The third-order valence-corrected chi connectivity index (χ3v) is 3.33. The number of hydrogen-bond donors (Lipinski definition) is 2. The van der Waals surface area contributed by atoms with Crippen LogP contribution in [0.3, 0.4) is 0 Å². The number of rotatable bonds is 5. The number of aliphatic hydroxyl groups is 1. The van der Waals surface area contributed by atoms with Crippen LogP contribution >= 0.6 is 0 Å². The molecule has 1 aliphatic rings. The number of amides is 2. The van der Waals surface area contributed by atoms with Gasteiger partial charge in [-0.15, -0.1) is 0 Å². The molecule has 1 aromatic carbocycles. The van der Waals surface area contributed by atoms with Crippen LogP contribution < -0.4 is 10.1 Å². The predicted octanol–water partition coefficient (Wildman–Crippen LogP) is 2.46. The van der Waals surface area contributed by atoms with E-state index in [4.69, 9.17) is 4.74 Å². The molecule has 0 saturated carbocycles. The Labute approximate surface area is 119 Å². The van der Waals surface area contributed by atoms with Crippen LogP contribution in [0.15, 0.2) is 24.3 Å². The minimum Gasteiger partial charge on any atom is -0.491 e. The van der Waals surface area contributed by atoms with E-state index < -0.39 is 6.10 Å². The molecule has 0 spiro atoms. The van der Waals surface area contributed by atoms with E-state index in [1.165, 1.54) is 0 Å². The van der Waals surface area contributed by atoms with E-state index >= 15 is 0 Å². The molecule has 1 heterocycles. The van der Waals surface area contributed by atoms with Crippen LogP contribution in [0.2, 0.25) is 0 Å². The maximum Gasteiger partial charge on any atom is 0.322 e. The molecular formula is C15H22N2O3. The molecule has 5 nitrogen and oxygen atoms in total. The van der Waals surface area contributed by atoms with E-state index in [1.807, 2.05) is 24.3 Å². The number of ether oxygens (including phenoxy) is 1. The minimum absolute atomic E-state index is 0.187. The van der Waals surface area contributed by atoms with Crippen molar-refractivity contribution in [3.8, 4) is 5.75 Å². The molecule has 2 rings (SSSR count). The Bertz CT molecular complexity index is 450. The van der Waals surface area contributed by atoms with Crippen LogP contribution in [0.5, 0.6) is 5.75 Å². The van der Waals surface area contributed by atoms with Crippen molar-refractivity contribution in [3.63, 3.8) is 0 Å². The molecule has 2 N–H and O–H groups in total. The fraction of sp³-hybridized carbons (Fsp3) is 0.533. The molecule has 20 heavy (non-hydrogen) atoms. The number of carbonyl (C=O) groups excluding carboxylic acids is 1. The van der Waals surface area contributed by atoms with E-state index in [0.717, 1.165) is 12.8 Å². The van der Waals surface area contributed by atoms with Crippen molar-refractivity contribution < 1.29 is 14.6 Å². The lowest BCUT2D eigenvalue weighted by Crippen LogP contribution is -2.33. The minimum atomic E-state index is -0.406. The van der Waals surface area contributed by atoms with Crippen molar-refractivity contribution in [2.75, 3.05) is 25.0 Å². The monoisotopic (exact) mass is 278 g/mol. The molecule has 110 valence electrons. The number of para-hydroxylation sites is 2. The number of urea groups is 1. The normalized spacial score (nSPS) is 18.1. The van der Waals surface area contributed by atoms with Gasteiger partial charge in [0, 0.05) is 13.1 Å². The maximum absolute atomic E-state index is 12.1. The van der Waals surface area contributed by atoms with E-state index in [9.17, 15) is 9.90 Å². The zero-order chi connectivity index (χ0) is 14.4. The second-order valence-electron chi connectivity index (χ2n) is 5.02. The number of nitrogens with zero attached hydrogens (tertiary/aromatic N) is 1. The number of hydrogen-bond acceptors (Lipinski definition) is 3. The standard InChI is InChI=1S/C15H22N2O3/c1-2-3-10-20-14-7-5-4-6-13(14)16-15(19)17-9-8-12(18)11-17/h4-7,12,18H,2-3,8-11H2,1H3,(H,16,19)/t12-/m0/s1. The smallest absolute Gasteiger partial charge is 0.322 e. The quantitative estimate of drug-likeness (QED) is 0.813. The molecule has 0 aliphatic carbocycles. The number of carbonyl (C=O) groups is 1. The third-order valence-electron chi connectivity index (χ3n) is 3.33. The molecule has 0 bridgehead atoms. The van der Waals surface area contributed by atoms with Gasteiger partial charge < -0.3 is 20.1 Å². The SMILES string of the molecule is CCCCOc1ccccc1NC(=O)N1CC[C@H](O)C1. The van der Waals surface area contributed by atoms with E-state index in [2.05, 4.69) is 12.2 Å². The Morgan fingerprint density at radius 2 is 2.30 bits per heavy atom. The first-order valence-electron chi connectivity index (χ1n) is 7.16. The molecule has 1 aliphatic heterocycles. The summed E-state index contributed by atoms with van der Waals surface area (Å²) in [6.45, 7) is 3.73. The number of likely N-dealkylation sites (tertiary alicyclic amines) is 1. The number of anilines is 1. The number of benzene rings is 1. The van der Waals surface area contributed by atoms with Crippen molar-refractivity contribution in [1.29, 1.82) is 0 Å². The molecule has 1 saturated heterocycles. The second-order valence-corrected chi connectivity index (χ2v) is 5.02. The Morgan fingerprint density at radius 3 is 3.00 bits per heavy atom. The van der Waals surface area contributed by atoms with E-state index in [1.54, 1.807) is 4.90 Å². The summed E-state index contributed by atoms with van der Waals surface area (Å²) in [4.78, 5) is 13.7. The van der Waals surface area contributed by atoms with Gasteiger partial charge in [-0.3, -0.25) is 0 Å². The summed E-state index contributed by atoms with van der Waals surface area (Å²) in [7, 11) is 0. The molecule has 1 atom stereocenters. The van der Waals surface area contributed by atoms with Crippen molar-refractivity contribution >= 4 is 11.7 Å².